The summed E-state index contributed by atoms with van der Waals surface area (Å²) < 4.78 is 5.22. The van der Waals surface area contributed by atoms with Crippen molar-refractivity contribution in [3.8, 4) is 0 Å². The van der Waals surface area contributed by atoms with E-state index in [4.69, 9.17) is 10.5 Å². The summed E-state index contributed by atoms with van der Waals surface area (Å²) in [5.41, 5.74) is 6.42. The number of aromatic nitrogens is 2. The highest BCUT2D eigenvalue weighted by Crippen LogP contribution is 2.16. The third-order valence-electron chi connectivity index (χ3n) is 2.85. The summed E-state index contributed by atoms with van der Waals surface area (Å²) in [5.74, 6) is 0.669. The van der Waals surface area contributed by atoms with Gasteiger partial charge in [-0.05, 0) is 0 Å². The van der Waals surface area contributed by atoms with Gasteiger partial charge in [0.1, 0.15) is 5.82 Å². The Morgan fingerprint density at radius 3 is 2.72 bits per heavy atom. The van der Waals surface area contributed by atoms with E-state index >= 15 is 0 Å². The van der Waals surface area contributed by atoms with Gasteiger partial charge in [-0.25, -0.2) is 9.97 Å². The van der Waals surface area contributed by atoms with E-state index in [0.29, 0.717) is 43.5 Å². The lowest BCUT2D eigenvalue weighted by molar-refractivity contribution is 0.0299. The molecule has 0 spiro atoms. The molecule has 1 aliphatic heterocycles. The zero-order valence-corrected chi connectivity index (χ0v) is 10.7. The van der Waals surface area contributed by atoms with Crippen LogP contribution in [-0.4, -0.2) is 47.1 Å². The molecule has 1 fully saturated rings. The van der Waals surface area contributed by atoms with Crippen molar-refractivity contribution in [3.63, 3.8) is 0 Å². The van der Waals surface area contributed by atoms with Crippen molar-refractivity contribution >= 4 is 11.6 Å². The third kappa shape index (κ3) is 2.59. The Labute approximate surface area is 106 Å². The maximum absolute atomic E-state index is 12.3. The topological polar surface area (TPSA) is 81.3 Å². The summed E-state index contributed by atoms with van der Waals surface area (Å²) in [4.78, 5) is 22.4. The Kier molecular flexibility index (Phi) is 3.76. The van der Waals surface area contributed by atoms with Gasteiger partial charge in [0.2, 0.25) is 0 Å². The Hall–Kier alpha value is -1.69. The van der Waals surface area contributed by atoms with Crippen molar-refractivity contribution < 1.29 is 9.53 Å². The van der Waals surface area contributed by atoms with Gasteiger partial charge in [-0.15, -0.1) is 0 Å². The maximum Gasteiger partial charge on any atom is 0.274 e. The molecule has 6 nitrogen and oxygen atoms in total. The molecule has 0 bridgehead atoms. The average molecular weight is 250 g/mol. The molecule has 0 aliphatic carbocycles. The van der Waals surface area contributed by atoms with Gasteiger partial charge in [-0.2, -0.15) is 0 Å². The largest absolute Gasteiger partial charge is 0.396 e. The number of nitrogen functional groups attached to an aromatic ring is 1. The fourth-order valence-electron chi connectivity index (χ4n) is 1.77. The zero-order valence-electron chi connectivity index (χ0n) is 10.7. The smallest absolute Gasteiger partial charge is 0.274 e. The van der Waals surface area contributed by atoms with Crippen molar-refractivity contribution in [2.45, 2.75) is 19.8 Å². The fourth-order valence-corrected chi connectivity index (χ4v) is 1.77. The summed E-state index contributed by atoms with van der Waals surface area (Å²) in [6.45, 7) is 6.25. The van der Waals surface area contributed by atoms with E-state index in [1.807, 2.05) is 13.8 Å². The molecular formula is C12H18N4O2. The molecule has 2 rings (SSSR count). The lowest BCUT2D eigenvalue weighted by Gasteiger charge is -2.26. The fraction of sp³-hybridized carbons (Fsp3) is 0.583. The number of hydrogen-bond donors (Lipinski definition) is 1. The van der Waals surface area contributed by atoms with Gasteiger partial charge in [0.15, 0.2) is 5.69 Å². The Balaban J connectivity index is 2.25. The van der Waals surface area contributed by atoms with Crippen molar-refractivity contribution in [1.82, 2.24) is 14.9 Å². The Morgan fingerprint density at radius 2 is 2.11 bits per heavy atom. The number of carbonyl (C=O) groups excluding carboxylic acids is 1. The highest BCUT2D eigenvalue weighted by molar-refractivity contribution is 5.97. The van der Waals surface area contributed by atoms with Gasteiger partial charge < -0.3 is 15.4 Å². The first-order chi connectivity index (χ1) is 8.59. The van der Waals surface area contributed by atoms with Crippen molar-refractivity contribution in [2.75, 3.05) is 32.0 Å². The minimum atomic E-state index is -0.139. The number of nitrogens with zero attached hydrogens (tertiary/aromatic N) is 3. The SMILES string of the molecule is CC(C)c1ncc(N)c(C(=O)N2CCOCC2)n1. The van der Waals surface area contributed by atoms with E-state index in [1.54, 1.807) is 4.90 Å². The second kappa shape index (κ2) is 5.30. The van der Waals surface area contributed by atoms with Crippen LogP contribution in [0.3, 0.4) is 0 Å². The normalized spacial score (nSPS) is 16.1. The lowest BCUT2D eigenvalue weighted by atomic mass is 10.2. The number of rotatable bonds is 2. The highest BCUT2D eigenvalue weighted by Gasteiger charge is 2.22. The van der Waals surface area contributed by atoms with Gasteiger partial charge in [-0.1, -0.05) is 13.8 Å². The first-order valence-electron chi connectivity index (χ1n) is 6.09. The third-order valence-corrected chi connectivity index (χ3v) is 2.85. The molecule has 1 saturated heterocycles. The molecule has 0 unspecified atom stereocenters. The van der Waals surface area contributed by atoms with Crippen LogP contribution in [0.5, 0.6) is 0 Å². The number of carbonyl (C=O) groups is 1. The maximum atomic E-state index is 12.3. The van der Waals surface area contributed by atoms with Crippen LogP contribution in [0.15, 0.2) is 6.20 Å². The first kappa shape index (κ1) is 12.8. The molecule has 1 aliphatic rings. The van der Waals surface area contributed by atoms with Gasteiger partial charge in [0.25, 0.3) is 5.91 Å². The molecule has 1 aromatic rings. The Bertz CT molecular complexity index is 442. The van der Waals surface area contributed by atoms with E-state index in [1.165, 1.54) is 6.20 Å². The molecule has 2 N–H and O–H groups in total. The number of ether oxygens (including phenoxy) is 1. The minimum Gasteiger partial charge on any atom is -0.396 e. The summed E-state index contributed by atoms with van der Waals surface area (Å²) in [6.07, 6.45) is 1.51. The molecule has 6 heteroatoms. The summed E-state index contributed by atoms with van der Waals surface area (Å²) >= 11 is 0. The number of amides is 1. The molecule has 1 amide bonds. The predicted molar refractivity (Wildman–Crippen MR) is 67.3 cm³/mol. The van der Waals surface area contributed by atoms with Crippen LogP contribution in [0.25, 0.3) is 0 Å². The second-order valence-corrected chi connectivity index (χ2v) is 4.59. The van der Waals surface area contributed by atoms with E-state index < -0.39 is 0 Å². The first-order valence-corrected chi connectivity index (χ1v) is 6.09. The molecule has 98 valence electrons. The minimum absolute atomic E-state index is 0.139. The van der Waals surface area contributed by atoms with Crippen LogP contribution in [0.4, 0.5) is 5.69 Å². The highest BCUT2D eigenvalue weighted by atomic mass is 16.5. The molecule has 0 saturated carbocycles. The van der Waals surface area contributed by atoms with Crippen LogP contribution in [0, 0.1) is 0 Å². The predicted octanol–water partition coefficient (Wildman–Crippen LogP) is 0.655. The molecule has 1 aromatic heterocycles. The monoisotopic (exact) mass is 250 g/mol. The van der Waals surface area contributed by atoms with Crippen LogP contribution in [0.1, 0.15) is 36.1 Å². The summed E-state index contributed by atoms with van der Waals surface area (Å²) in [6, 6.07) is 0. The van der Waals surface area contributed by atoms with E-state index in [2.05, 4.69) is 9.97 Å². The van der Waals surface area contributed by atoms with Crippen molar-refractivity contribution in [1.29, 1.82) is 0 Å². The van der Waals surface area contributed by atoms with Crippen molar-refractivity contribution in [3.05, 3.63) is 17.7 Å². The average Bonchev–Trinajstić information content (AvgIpc) is 2.39. The van der Waals surface area contributed by atoms with Gasteiger partial charge >= 0.3 is 0 Å². The quantitative estimate of drug-likeness (QED) is 0.833. The second-order valence-electron chi connectivity index (χ2n) is 4.59. The van der Waals surface area contributed by atoms with Crippen LogP contribution >= 0.6 is 0 Å². The van der Waals surface area contributed by atoms with E-state index in [0.717, 1.165) is 0 Å². The molecule has 0 aromatic carbocycles. The van der Waals surface area contributed by atoms with Crippen molar-refractivity contribution in [2.24, 2.45) is 0 Å². The van der Waals surface area contributed by atoms with Crippen LogP contribution in [-0.2, 0) is 4.74 Å². The molecule has 0 radical (unpaired) electrons. The van der Waals surface area contributed by atoms with E-state index in [-0.39, 0.29) is 11.8 Å². The van der Waals surface area contributed by atoms with Crippen LogP contribution in [0.2, 0.25) is 0 Å². The van der Waals surface area contributed by atoms with Crippen LogP contribution < -0.4 is 5.73 Å². The zero-order chi connectivity index (χ0) is 13.1. The number of hydrogen-bond acceptors (Lipinski definition) is 5. The Morgan fingerprint density at radius 1 is 1.44 bits per heavy atom. The van der Waals surface area contributed by atoms with Gasteiger partial charge in [0, 0.05) is 19.0 Å². The molecule has 0 atom stereocenters. The number of morpholine rings is 1. The molecule has 2 heterocycles. The summed E-state index contributed by atoms with van der Waals surface area (Å²) in [7, 11) is 0. The van der Waals surface area contributed by atoms with E-state index in [9.17, 15) is 4.79 Å². The lowest BCUT2D eigenvalue weighted by Crippen LogP contribution is -2.41. The molecular weight excluding hydrogens is 232 g/mol. The molecule has 18 heavy (non-hydrogen) atoms. The summed E-state index contributed by atoms with van der Waals surface area (Å²) in [5, 5.41) is 0. The van der Waals surface area contributed by atoms with Gasteiger partial charge in [-0.3, -0.25) is 4.79 Å². The standard InChI is InChI=1S/C12H18N4O2/c1-8(2)11-14-7-9(13)10(15-11)12(17)16-3-5-18-6-4-16/h7-8H,3-6,13H2,1-2H3. The number of nitrogens with two attached hydrogens (primary N) is 1. The van der Waals surface area contributed by atoms with Gasteiger partial charge in [0.05, 0.1) is 25.1 Å². The number of anilines is 1.